The topological polar surface area (TPSA) is 81.3 Å². The normalized spacial score (nSPS) is 10.6. The maximum Gasteiger partial charge on any atom is 0.356 e. The zero-order valence-corrected chi connectivity index (χ0v) is 11.8. The fraction of sp³-hybridized carbons (Fsp3) is 0.308. The number of halogens is 1. The number of H-pyrrole nitrogens is 1. The number of ether oxygens (including phenoxy) is 2. The molecule has 2 rings (SSSR count). The van der Waals surface area contributed by atoms with Gasteiger partial charge in [-0.15, -0.1) is 0 Å². The molecule has 0 spiro atoms. The van der Waals surface area contributed by atoms with Crippen molar-refractivity contribution in [2.45, 2.75) is 13.8 Å². The van der Waals surface area contributed by atoms with Crippen LogP contribution in [0.1, 0.15) is 34.8 Å². The van der Waals surface area contributed by atoms with Crippen molar-refractivity contribution in [1.29, 1.82) is 0 Å². The number of pyridine rings is 1. The monoisotopic (exact) mass is 296 g/mol. The minimum atomic E-state index is -0.562. The van der Waals surface area contributed by atoms with E-state index < -0.39 is 11.9 Å². The first-order valence-electron chi connectivity index (χ1n) is 6.10. The lowest BCUT2D eigenvalue weighted by molar-refractivity contribution is 0.0512. The first-order valence-corrected chi connectivity index (χ1v) is 6.48. The minimum absolute atomic E-state index is 0.122. The Morgan fingerprint density at radius 2 is 1.85 bits per heavy atom. The summed E-state index contributed by atoms with van der Waals surface area (Å²) in [7, 11) is 0. The molecule has 0 saturated carbocycles. The summed E-state index contributed by atoms with van der Waals surface area (Å²) in [5.74, 6) is -1.09. The Hall–Kier alpha value is -2.08. The summed E-state index contributed by atoms with van der Waals surface area (Å²) in [5, 5.41) is 0.768. The molecule has 7 heteroatoms. The molecule has 0 aliphatic heterocycles. The average molecular weight is 297 g/mol. The zero-order valence-electron chi connectivity index (χ0n) is 11.0. The van der Waals surface area contributed by atoms with Gasteiger partial charge in [-0.05, 0) is 26.0 Å². The second-order valence-corrected chi connectivity index (χ2v) is 4.23. The molecule has 0 atom stereocenters. The molecule has 0 aliphatic carbocycles. The summed E-state index contributed by atoms with van der Waals surface area (Å²) in [6.45, 7) is 3.91. The number of carbonyl (C=O) groups is 2. The average Bonchev–Trinajstić information content (AvgIpc) is 2.76. The van der Waals surface area contributed by atoms with Crippen molar-refractivity contribution in [3.8, 4) is 0 Å². The van der Waals surface area contributed by atoms with Gasteiger partial charge in [-0.3, -0.25) is 0 Å². The quantitative estimate of drug-likeness (QED) is 0.877. The van der Waals surface area contributed by atoms with Crippen LogP contribution in [-0.4, -0.2) is 35.1 Å². The number of hydrogen-bond donors (Lipinski definition) is 1. The second kappa shape index (κ2) is 5.92. The van der Waals surface area contributed by atoms with Gasteiger partial charge in [0, 0.05) is 5.39 Å². The van der Waals surface area contributed by atoms with Crippen molar-refractivity contribution < 1.29 is 19.1 Å². The molecule has 0 amide bonds. The van der Waals surface area contributed by atoms with Crippen molar-refractivity contribution in [3.05, 3.63) is 28.5 Å². The molecule has 0 bridgehead atoms. The van der Waals surface area contributed by atoms with Gasteiger partial charge in [0.2, 0.25) is 0 Å². The molecule has 0 saturated heterocycles. The van der Waals surface area contributed by atoms with Gasteiger partial charge in [0.05, 0.1) is 18.2 Å². The van der Waals surface area contributed by atoms with E-state index >= 15 is 0 Å². The SMILES string of the molecule is CCOC(=O)c1ccc2c(Cl)c(C(=O)OCC)[nH]c2n1. The third-order valence-corrected chi connectivity index (χ3v) is 2.95. The first-order chi connectivity index (χ1) is 9.58. The standard InChI is InChI=1S/C13H13ClN2O4/c1-3-19-12(17)8-6-5-7-9(14)10(13(18)20-4-2)16-11(7)15-8/h5-6H,3-4H2,1-2H3,(H,15,16). The molecule has 6 nitrogen and oxygen atoms in total. The van der Waals surface area contributed by atoms with Gasteiger partial charge in [-0.1, -0.05) is 11.6 Å². The predicted molar refractivity (Wildman–Crippen MR) is 73.0 cm³/mol. The largest absolute Gasteiger partial charge is 0.461 e. The van der Waals surface area contributed by atoms with Crippen molar-refractivity contribution in [3.63, 3.8) is 0 Å². The summed E-state index contributed by atoms with van der Waals surface area (Å²) < 4.78 is 9.74. The first kappa shape index (κ1) is 14.3. The smallest absolute Gasteiger partial charge is 0.356 e. The van der Waals surface area contributed by atoms with Crippen LogP contribution < -0.4 is 0 Å². The molecule has 0 radical (unpaired) electrons. The summed E-state index contributed by atoms with van der Waals surface area (Å²) in [6, 6.07) is 3.10. The van der Waals surface area contributed by atoms with Crippen molar-refractivity contribution >= 4 is 34.6 Å². The number of aromatic nitrogens is 2. The number of hydrogen-bond acceptors (Lipinski definition) is 5. The Morgan fingerprint density at radius 3 is 2.50 bits per heavy atom. The molecule has 0 unspecified atom stereocenters. The van der Waals surface area contributed by atoms with Gasteiger partial charge in [0.15, 0.2) is 5.69 Å². The molecule has 20 heavy (non-hydrogen) atoms. The fourth-order valence-electron chi connectivity index (χ4n) is 1.70. The van der Waals surface area contributed by atoms with Crippen LogP contribution in [0.25, 0.3) is 11.0 Å². The number of aromatic amines is 1. The summed E-state index contributed by atoms with van der Waals surface area (Å²) in [4.78, 5) is 30.1. The van der Waals surface area contributed by atoms with E-state index in [2.05, 4.69) is 9.97 Å². The second-order valence-electron chi connectivity index (χ2n) is 3.85. The highest BCUT2D eigenvalue weighted by atomic mass is 35.5. The van der Waals surface area contributed by atoms with E-state index in [0.29, 0.717) is 11.0 Å². The Kier molecular flexibility index (Phi) is 4.24. The van der Waals surface area contributed by atoms with Crippen molar-refractivity contribution in [2.24, 2.45) is 0 Å². The molecule has 0 aliphatic rings. The zero-order chi connectivity index (χ0) is 14.7. The van der Waals surface area contributed by atoms with E-state index in [4.69, 9.17) is 21.1 Å². The van der Waals surface area contributed by atoms with Gasteiger partial charge in [-0.25, -0.2) is 14.6 Å². The van der Waals surface area contributed by atoms with Crippen LogP contribution in [0.4, 0.5) is 0 Å². The van der Waals surface area contributed by atoms with E-state index in [1.54, 1.807) is 19.9 Å². The highest BCUT2D eigenvalue weighted by Gasteiger charge is 2.19. The Bertz CT molecular complexity index is 666. The third-order valence-electron chi connectivity index (χ3n) is 2.56. The number of nitrogens with one attached hydrogen (secondary N) is 1. The van der Waals surface area contributed by atoms with E-state index in [-0.39, 0.29) is 29.6 Å². The van der Waals surface area contributed by atoms with Gasteiger partial charge in [-0.2, -0.15) is 0 Å². The Balaban J connectivity index is 2.44. The van der Waals surface area contributed by atoms with Crippen molar-refractivity contribution in [1.82, 2.24) is 9.97 Å². The number of fused-ring (bicyclic) bond motifs is 1. The molecule has 106 valence electrons. The van der Waals surface area contributed by atoms with Gasteiger partial charge in [0.25, 0.3) is 0 Å². The molecule has 2 heterocycles. The van der Waals surface area contributed by atoms with E-state index in [1.807, 2.05) is 0 Å². The van der Waals surface area contributed by atoms with E-state index in [0.717, 1.165) is 0 Å². The molecule has 0 fully saturated rings. The minimum Gasteiger partial charge on any atom is -0.461 e. The van der Waals surface area contributed by atoms with Crippen LogP contribution >= 0.6 is 11.6 Å². The number of esters is 2. The predicted octanol–water partition coefficient (Wildman–Crippen LogP) is 2.57. The van der Waals surface area contributed by atoms with Crippen LogP contribution in [0.5, 0.6) is 0 Å². The highest BCUT2D eigenvalue weighted by Crippen LogP contribution is 2.27. The number of carbonyl (C=O) groups excluding carboxylic acids is 2. The van der Waals surface area contributed by atoms with E-state index in [1.165, 1.54) is 6.07 Å². The van der Waals surface area contributed by atoms with Crippen molar-refractivity contribution in [2.75, 3.05) is 13.2 Å². The summed E-state index contributed by atoms with van der Waals surface area (Å²) >= 11 is 6.09. The van der Waals surface area contributed by atoms with Gasteiger partial charge >= 0.3 is 11.9 Å². The number of nitrogens with zero attached hydrogens (tertiary/aromatic N) is 1. The maximum absolute atomic E-state index is 11.7. The molecular formula is C13H13ClN2O4. The lowest BCUT2D eigenvalue weighted by atomic mass is 10.3. The Labute approximate surface area is 120 Å². The highest BCUT2D eigenvalue weighted by molar-refractivity contribution is 6.38. The van der Waals surface area contributed by atoms with Gasteiger partial charge in [0.1, 0.15) is 11.3 Å². The summed E-state index contributed by atoms with van der Waals surface area (Å²) in [5.41, 5.74) is 0.605. The van der Waals surface area contributed by atoms with Crippen LogP contribution in [-0.2, 0) is 9.47 Å². The molecular weight excluding hydrogens is 284 g/mol. The van der Waals surface area contributed by atoms with Crippen LogP contribution in [0.3, 0.4) is 0 Å². The molecule has 2 aromatic heterocycles. The van der Waals surface area contributed by atoms with Crippen LogP contribution in [0.15, 0.2) is 12.1 Å². The van der Waals surface area contributed by atoms with E-state index in [9.17, 15) is 9.59 Å². The maximum atomic E-state index is 11.7. The molecule has 1 N–H and O–H groups in total. The van der Waals surface area contributed by atoms with Gasteiger partial charge < -0.3 is 14.5 Å². The van der Waals surface area contributed by atoms with Crippen LogP contribution in [0, 0.1) is 0 Å². The fourth-order valence-corrected chi connectivity index (χ4v) is 1.98. The summed E-state index contributed by atoms with van der Waals surface area (Å²) in [6.07, 6.45) is 0. The third kappa shape index (κ3) is 2.60. The molecule has 0 aromatic carbocycles. The molecule has 2 aromatic rings. The Morgan fingerprint density at radius 1 is 1.20 bits per heavy atom. The number of rotatable bonds is 4. The lowest BCUT2D eigenvalue weighted by Gasteiger charge is -2.00. The lowest BCUT2D eigenvalue weighted by Crippen LogP contribution is -2.07. The van der Waals surface area contributed by atoms with Crippen LogP contribution in [0.2, 0.25) is 5.02 Å².